The second-order valence-electron chi connectivity index (χ2n) is 6.91. The van der Waals surface area contributed by atoms with Crippen molar-refractivity contribution in [2.24, 2.45) is 0 Å². The molecule has 0 atom stereocenters. The molecule has 3 N–H and O–H groups in total. The van der Waals surface area contributed by atoms with Crippen molar-refractivity contribution in [2.75, 3.05) is 19.6 Å². The maximum Gasteiger partial charge on any atom is 0.166 e. The Bertz CT molecular complexity index is 322. The van der Waals surface area contributed by atoms with E-state index in [9.17, 15) is 0 Å². The zero-order valence-corrected chi connectivity index (χ0v) is 18.3. The minimum Gasteiger partial charge on any atom is -0.380 e. The van der Waals surface area contributed by atoms with Crippen LogP contribution in [0.2, 0.25) is 0 Å². The third kappa shape index (κ3) is 21.5. The molecule has 148 valence electrons. The Morgan fingerprint density at radius 1 is 0.560 bits per heavy atom. The summed E-state index contributed by atoms with van der Waals surface area (Å²) >= 11 is 10.3. The lowest BCUT2D eigenvalue weighted by molar-refractivity contribution is 0.571. The Hall–Kier alpha value is -0.420. The first-order chi connectivity index (χ1) is 12.2. The highest BCUT2D eigenvalue weighted by Gasteiger charge is 1.96. The van der Waals surface area contributed by atoms with Gasteiger partial charge < -0.3 is 16.0 Å². The van der Waals surface area contributed by atoms with Gasteiger partial charge in [0.2, 0.25) is 0 Å². The molecule has 0 aromatic heterocycles. The van der Waals surface area contributed by atoms with E-state index in [4.69, 9.17) is 24.4 Å². The van der Waals surface area contributed by atoms with Gasteiger partial charge in [0.1, 0.15) is 0 Å². The van der Waals surface area contributed by atoms with E-state index < -0.39 is 0 Å². The van der Waals surface area contributed by atoms with E-state index in [-0.39, 0.29) is 0 Å². The predicted molar refractivity (Wildman–Crippen MR) is 121 cm³/mol. The first kappa shape index (κ1) is 24.6. The van der Waals surface area contributed by atoms with Gasteiger partial charge in [-0.25, -0.2) is 0 Å². The van der Waals surface area contributed by atoms with Gasteiger partial charge in [-0.05, 0) is 38.4 Å². The van der Waals surface area contributed by atoms with Crippen LogP contribution in [0.5, 0.6) is 0 Å². The van der Waals surface area contributed by atoms with E-state index in [1.54, 1.807) is 0 Å². The number of thiocarbonyl (C=S) groups is 2. The summed E-state index contributed by atoms with van der Waals surface area (Å²) in [6.45, 7) is 7.21. The lowest BCUT2D eigenvalue weighted by Crippen LogP contribution is -2.36. The minimum atomic E-state index is 0.823. The molecule has 0 aliphatic rings. The van der Waals surface area contributed by atoms with E-state index in [0.29, 0.717) is 0 Å². The van der Waals surface area contributed by atoms with Crippen molar-refractivity contribution in [3.63, 3.8) is 0 Å². The van der Waals surface area contributed by atoms with E-state index in [0.717, 1.165) is 29.7 Å². The molecule has 0 radical (unpaired) electrons. The van der Waals surface area contributed by atoms with Crippen LogP contribution in [0.15, 0.2) is 0 Å². The molecule has 0 fully saturated rings. The van der Waals surface area contributed by atoms with Crippen LogP contribution in [0.3, 0.4) is 0 Å². The molecule has 0 aromatic rings. The summed E-state index contributed by atoms with van der Waals surface area (Å²) in [6, 6.07) is 0. The smallest absolute Gasteiger partial charge is 0.166 e. The average Bonchev–Trinajstić information content (AvgIpc) is 2.58. The third-order valence-electron chi connectivity index (χ3n) is 4.33. The highest BCUT2D eigenvalue weighted by molar-refractivity contribution is 7.80. The molecule has 0 saturated heterocycles. The molecular formula is C20H41N3S2. The highest BCUT2D eigenvalue weighted by Crippen LogP contribution is 2.07. The van der Waals surface area contributed by atoms with Crippen LogP contribution in [0.1, 0.15) is 97.3 Å². The molecule has 5 heteroatoms. The molecule has 0 saturated carbocycles. The zero-order chi connectivity index (χ0) is 18.6. The second-order valence-corrected chi connectivity index (χ2v) is 7.93. The van der Waals surface area contributed by atoms with Crippen LogP contribution < -0.4 is 16.0 Å². The molecule has 0 aromatic carbocycles. The summed E-state index contributed by atoms with van der Waals surface area (Å²) in [5.41, 5.74) is 0. The van der Waals surface area contributed by atoms with Crippen LogP contribution in [-0.4, -0.2) is 29.7 Å². The maximum absolute atomic E-state index is 5.32. The van der Waals surface area contributed by atoms with Gasteiger partial charge in [0, 0.05) is 19.6 Å². The minimum absolute atomic E-state index is 0.823. The molecule has 0 rings (SSSR count). The largest absolute Gasteiger partial charge is 0.380 e. The van der Waals surface area contributed by atoms with Crippen LogP contribution in [-0.2, 0) is 0 Å². The SMILES string of the molecule is CCCCCCCCCCNC(=S)NCCCCCCCNC(C)=S. The first-order valence-electron chi connectivity index (χ1n) is 10.4. The van der Waals surface area contributed by atoms with Crippen molar-refractivity contribution in [1.82, 2.24) is 16.0 Å². The average molecular weight is 388 g/mol. The van der Waals surface area contributed by atoms with Gasteiger partial charge in [-0.3, -0.25) is 0 Å². The van der Waals surface area contributed by atoms with Gasteiger partial charge in [-0.2, -0.15) is 0 Å². The van der Waals surface area contributed by atoms with Gasteiger partial charge >= 0.3 is 0 Å². The van der Waals surface area contributed by atoms with Crippen molar-refractivity contribution < 1.29 is 0 Å². The van der Waals surface area contributed by atoms with Crippen LogP contribution in [0.25, 0.3) is 0 Å². The number of hydrogen-bond donors (Lipinski definition) is 3. The van der Waals surface area contributed by atoms with Gasteiger partial charge in [-0.15, -0.1) is 0 Å². The number of nitrogens with one attached hydrogen (secondary N) is 3. The molecule has 25 heavy (non-hydrogen) atoms. The fraction of sp³-hybridized carbons (Fsp3) is 0.900. The summed E-state index contributed by atoms with van der Waals surface area (Å²) in [7, 11) is 0. The van der Waals surface area contributed by atoms with Gasteiger partial charge in [0.05, 0.1) is 4.99 Å². The number of hydrogen-bond acceptors (Lipinski definition) is 2. The van der Waals surface area contributed by atoms with E-state index in [1.807, 2.05) is 6.92 Å². The van der Waals surface area contributed by atoms with E-state index >= 15 is 0 Å². The molecular weight excluding hydrogens is 346 g/mol. The van der Waals surface area contributed by atoms with Crippen LogP contribution in [0.4, 0.5) is 0 Å². The summed E-state index contributed by atoms with van der Waals surface area (Å²) in [6.07, 6.45) is 17.1. The molecule has 0 aliphatic carbocycles. The van der Waals surface area contributed by atoms with Crippen molar-refractivity contribution in [3.05, 3.63) is 0 Å². The van der Waals surface area contributed by atoms with Gasteiger partial charge in [0.15, 0.2) is 5.11 Å². The Morgan fingerprint density at radius 2 is 0.920 bits per heavy atom. The maximum atomic E-state index is 5.32. The Kier molecular flexibility index (Phi) is 19.6. The molecule has 0 heterocycles. The number of rotatable bonds is 17. The predicted octanol–water partition coefficient (Wildman–Crippen LogP) is 5.48. The lowest BCUT2D eigenvalue weighted by atomic mass is 10.1. The quantitative estimate of drug-likeness (QED) is 0.228. The summed E-state index contributed by atoms with van der Waals surface area (Å²) in [4.78, 5) is 0.900. The normalized spacial score (nSPS) is 10.5. The second kappa shape index (κ2) is 19.9. The van der Waals surface area contributed by atoms with Crippen LogP contribution >= 0.6 is 24.4 Å². The Labute approximate surface area is 167 Å². The Morgan fingerprint density at radius 3 is 1.32 bits per heavy atom. The van der Waals surface area contributed by atoms with E-state index in [2.05, 4.69) is 22.9 Å². The standard InChI is InChI=1S/C20H41N3S2/c1-3-4-5-6-7-8-10-14-17-22-20(25)23-18-15-12-9-11-13-16-21-19(2)24/h3-18H2,1-2H3,(H,21,24)(H2,22,23,25). The molecule has 0 unspecified atom stereocenters. The third-order valence-corrected chi connectivity index (χ3v) is 4.76. The molecule has 0 amide bonds. The molecule has 0 spiro atoms. The molecule has 0 bridgehead atoms. The lowest BCUT2D eigenvalue weighted by Gasteiger charge is -2.10. The topological polar surface area (TPSA) is 36.1 Å². The summed E-state index contributed by atoms with van der Waals surface area (Å²) in [5, 5.41) is 10.7. The van der Waals surface area contributed by atoms with Crippen molar-refractivity contribution in [3.8, 4) is 0 Å². The Balaban J connectivity index is 3.17. The molecule has 0 aliphatic heterocycles. The van der Waals surface area contributed by atoms with Crippen molar-refractivity contribution >= 4 is 34.5 Å². The van der Waals surface area contributed by atoms with E-state index in [1.165, 1.54) is 83.5 Å². The number of unbranched alkanes of at least 4 members (excludes halogenated alkanes) is 11. The first-order valence-corrected chi connectivity index (χ1v) is 11.2. The monoisotopic (exact) mass is 387 g/mol. The summed E-state index contributed by atoms with van der Waals surface area (Å²) < 4.78 is 0. The van der Waals surface area contributed by atoms with Gasteiger partial charge in [-0.1, -0.05) is 83.3 Å². The van der Waals surface area contributed by atoms with Crippen molar-refractivity contribution in [2.45, 2.75) is 97.3 Å². The molecule has 3 nitrogen and oxygen atoms in total. The van der Waals surface area contributed by atoms with Crippen LogP contribution in [0, 0.1) is 0 Å². The fourth-order valence-electron chi connectivity index (χ4n) is 2.77. The summed E-state index contributed by atoms with van der Waals surface area (Å²) in [5.74, 6) is 0. The highest BCUT2D eigenvalue weighted by atomic mass is 32.1. The zero-order valence-electron chi connectivity index (χ0n) is 16.6. The van der Waals surface area contributed by atoms with Gasteiger partial charge in [0.25, 0.3) is 0 Å². The van der Waals surface area contributed by atoms with Crippen molar-refractivity contribution in [1.29, 1.82) is 0 Å². The fourth-order valence-corrected chi connectivity index (χ4v) is 3.08.